The molecule has 1 aliphatic carbocycles. The standard InChI is InChI=1S/C18H25NO/c1-12-7-8-15(11-19-3)16(9-12)17-10-14-6-4-5-13(2)18(14)20-17/h4-6,10,12,15-16,19H,7-9,11H2,1-3H3. The highest BCUT2D eigenvalue weighted by molar-refractivity contribution is 5.81. The van der Waals surface area contributed by atoms with Crippen LogP contribution in [0.3, 0.4) is 0 Å². The summed E-state index contributed by atoms with van der Waals surface area (Å²) in [6.45, 7) is 5.59. The summed E-state index contributed by atoms with van der Waals surface area (Å²) < 4.78 is 6.24. The third-order valence-corrected chi connectivity index (χ3v) is 4.85. The minimum Gasteiger partial charge on any atom is -0.460 e. The summed E-state index contributed by atoms with van der Waals surface area (Å²) in [6.07, 6.45) is 3.91. The van der Waals surface area contributed by atoms with Gasteiger partial charge < -0.3 is 9.73 Å². The second-order valence-corrected chi connectivity index (χ2v) is 6.48. The number of para-hydroxylation sites is 1. The molecule has 20 heavy (non-hydrogen) atoms. The first-order valence-corrected chi connectivity index (χ1v) is 7.82. The first-order chi connectivity index (χ1) is 9.69. The highest BCUT2D eigenvalue weighted by atomic mass is 16.3. The molecule has 3 rings (SSSR count). The minimum absolute atomic E-state index is 0.568. The number of benzene rings is 1. The van der Waals surface area contributed by atoms with E-state index in [1.807, 2.05) is 0 Å². The third kappa shape index (κ3) is 2.49. The predicted octanol–water partition coefficient (Wildman–Crippen LogP) is 4.48. The molecule has 2 aromatic rings. The predicted molar refractivity (Wildman–Crippen MR) is 84.1 cm³/mol. The van der Waals surface area contributed by atoms with E-state index < -0.39 is 0 Å². The van der Waals surface area contributed by atoms with Crippen LogP contribution in [-0.4, -0.2) is 13.6 Å². The summed E-state index contributed by atoms with van der Waals surface area (Å²) in [5.74, 6) is 3.28. The summed E-state index contributed by atoms with van der Waals surface area (Å²) in [4.78, 5) is 0. The first kappa shape index (κ1) is 13.7. The molecule has 0 aliphatic heterocycles. The van der Waals surface area contributed by atoms with Gasteiger partial charge in [0.25, 0.3) is 0 Å². The van der Waals surface area contributed by atoms with Crippen molar-refractivity contribution in [1.29, 1.82) is 0 Å². The van der Waals surface area contributed by atoms with Gasteiger partial charge in [-0.05, 0) is 56.8 Å². The van der Waals surface area contributed by atoms with E-state index in [-0.39, 0.29) is 0 Å². The van der Waals surface area contributed by atoms with E-state index >= 15 is 0 Å². The van der Waals surface area contributed by atoms with Crippen LogP contribution in [-0.2, 0) is 0 Å². The fourth-order valence-electron chi connectivity index (χ4n) is 3.71. The van der Waals surface area contributed by atoms with Gasteiger partial charge in [0.2, 0.25) is 0 Å². The van der Waals surface area contributed by atoms with Gasteiger partial charge in [-0.15, -0.1) is 0 Å². The Kier molecular flexibility index (Phi) is 3.84. The lowest BCUT2D eigenvalue weighted by Crippen LogP contribution is -2.29. The van der Waals surface area contributed by atoms with Crippen molar-refractivity contribution in [2.24, 2.45) is 11.8 Å². The van der Waals surface area contributed by atoms with Gasteiger partial charge in [-0.2, -0.15) is 0 Å². The average molecular weight is 271 g/mol. The molecule has 3 unspecified atom stereocenters. The topological polar surface area (TPSA) is 25.2 Å². The van der Waals surface area contributed by atoms with Crippen LogP contribution >= 0.6 is 0 Å². The second-order valence-electron chi connectivity index (χ2n) is 6.48. The fraction of sp³-hybridized carbons (Fsp3) is 0.556. The van der Waals surface area contributed by atoms with Crippen molar-refractivity contribution in [1.82, 2.24) is 5.32 Å². The molecule has 3 atom stereocenters. The van der Waals surface area contributed by atoms with Gasteiger partial charge in [0, 0.05) is 11.3 Å². The lowest BCUT2D eigenvalue weighted by molar-refractivity contribution is 0.224. The van der Waals surface area contributed by atoms with Crippen LogP contribution in [0.5, 0.6) is 0 Å². The molecule has 0 radical (unpaired) electrons. The molecule has 108 valence electrons. The van der Waals surface area contributed by atoms with E-state index in [1.165, 1.54) is 36.0 Å². The maximum Gasteiger partial charge on any atom is 0.137 e. The highest BCUT2D eigenvalue weighted by Crippen LogP contribution is 2.42. The Bertz CT molecular complexity index is 586. The lowest BCUT2D eigenvalue weighted by atomic mass is 9.73. The average Bonchev–Trinajstić information content (AvgIpc) is 2.86. The van der Waals surface area contributed by atoms with Crippen LogP contribution in [0, 0.1) is 18.8 Å². The van der Waals surface area contributed by atoms with Gasteiger partial charge in [-0.1, -0.05) is 31.5 Å². The van der Waals surface area contributed by atoms with E-state index in [1.54, 1.807) is 0 Å². The molecule has 1 fully saturated rings. The van der Waals surface area contributed by atoms with Crippen molar-refractivity contribution in [2.75, 3.05) is 13.6 Å². The summed E-state index contributed by atoms with van der Waals surface area (Å²) in [5, 5.41) is 4.61. The molecule has 1 aliphatic rings. The van der Waals surface area contributed by atoms with Gasteiger partial charge >= 0.3 is 0 Å². The monoisotopic (exact) mass is 271 g/mol. The van der Waals surface area contributed by atoms with Crippen molar-refractivity contribution in [3.05, 3.63) is 35.6 Å². The Labute approximate surface area is 121 Å². The number of aryl methyl sites for hydroxylation is 1. The van der Waals surface area contributed by atoms with Gasteiger partial charge in [0.1, 0.15) is 11.3 Å². The molecule has 1 N–H and O–H groups in total. The van der Waals surface area contributed by atoms with Crippen molar-refractivity contribution >= 4 is 11.0 Å². The molecule has 1 aromatic heterocycles. The van der Waals surface area contributed by atoms with E-state index in [0.717, 1.165) is 18.0 Å². The second kappa shape index (κ2) is 5.61. The highest BCUT2D eigenvalue weighted by Gasteiger charge is 2.31. The minimum atomic E-state index is 0.568. The zero-order valence-electron chi connectivity index (χ0n) is 12.8. The quantitative estimate of drug-likeness (QED) is 0.890. The van der Waals surface area contributed by atoms with Crippen molar-refractivity contribution < 1.29 is 4.42 Å². The Morgan fingerprint density at radius 3 is 2.90 bits per heavy atom. The molecule has 2 nitrogen and oxygen atoms in total. The zero-order chi connectivity index (χ0) is 14.1. The van der Waals surface area contributed by atoms with E-state index in [2.05, 4.69) is 50.5 Å². The number of nitrogens with one attached hydrogen (secondary N) is 1. The molecule has 1 heterocycles. The fourth-order valence-corrected chi connectivity index (χ4v) is 3.71. The summed E-state index contributed by atoms with van der Waals surface area (Å²) >= 11 is 0. The Hall–Kier alpha value is -1.28. The van der Waals surface area contributed by atoms with Crippen molar-refractivity contribution in [2.45, 2.75) is 39.0 Å². The Morgan fingerprint density at radius 1 is 1.30 bits per heavy atom. The van der Waals surface area contributed by atoms with Crippen LogP contribution in [0.2, 0.25) is 0 Å². The smallest absolute Gasteiger partial charge is 0.137 e. The number of furan rings is 1. The van der Waals surface area contributed by atoms with Gasteiger partial charge in [-0.25, -0.2) is 0 Å². The van der Waals surface area contributed by atoms with Gasteiger partial charge in [-0.3, -0.25) is 0 Å². The van der Waals surface area contributed by atoms with Crippen LogP contribution in [0.1, 0.15) is 43.4 Å². The number of fused-ring (bicyclic) bond motifs is 1. The molecular formula is C18H25NO. The zero-order valence-corrected chi connectivity index (χ0v) is 12.8. The molecular weight excluding hydrogens is 246 g/mol. The number of hydrogen-bond donors (Lipinski definition) is 1. The van der Waals surface area contributed by atoms with E-state index in [9.17, 15) is 0 Å². The molecule has 0 spiro atoms. The number of hydrogen-bond acceptors (Lipinski definition) is 2. The van der Waals surface area contributed by atoms with Crippen LogP contribution in [0.4, 0.5) is 0 Å². The Morgan fingerprint density at radius 2 is 2.15 bits per heavy atom. The van der Waals surface area contributed by atoms with Crippen LogP contribution in [0.25, 0.3) is 11.0 Å². The molecule has 0 bridgehead atoms. The lowest BCUT2D eigenvalue weighted by Gasteiger charge is -2.33. The SMILES string of the molecule is CNCC1CCC(C)CC1c1cc2cccc(C)c2o1. The first-order valence-electron chi connectivity index (χ1n) is 7.82. The maximum atomic E-state index is 6.24. The molecule has 0 amide bonds. The summed E-state index contributed by atoms with van der Waals surface area (Å²) in [5.41, 5.74) is 2.31. The summed E-state index contributed by atoms with van der Waals surface area (Å²) in [7, 11) is 2.05. The maximum absolute atomic E-state index is 6.24. The molecule has 0 saturated heterocycles. The van der Waals surface area contributed by atoms with Gasteiger partial charge in [0.05, 0.1) is 0 Å². The summed E-state index contributed by atoms with van der Waals surface area (Å²) in [6, 6.07) is 8.68. The Balaban J connectivity index is 1.96. The van der Waals surface area contributed by atoms with Crippen molar-refractivity contribution in [3.63, 3.8) is 0 Å². The number of rotatable bonds is 3. The molecule has 1 saturated carbocycles. The van der Waals surface area contributed by atoms with Crippen molar-refractivity contribution in [3.8, 4) is 0 Å². The van der Waals surface area contributed by atoms with E-state index in [4.69, 9.17) is 4.42 Å². The normalized spacial score (nSPS) is 27.1. The van der Waals surface area contributed by atoms with Crippen LogP contribution < -0.4 is 5.32 Å². The van der Waals surface area contributed by atoms with Gasteiger partial charge in [0.15, 0.2) is 0 Å². The third-order valence-electron chi connectivity index (χ3n) is 4.85. The van der Waals surface area contributed by atoms with Crippen LogP contribution in [0.15, 0.2) is 28.7 Å². The van der Waals surface area contributed by atoms with E-state index in [0.29, 0.717) is 11.8 Å². The largest absolute Gasteiger partial charge is 0.460 e. The molecule has 1 aromatic carbocycles. The molecule has 2 heteroatoms.